The highest BCUT2D eigenvalue weighted by Gasteiger charge is 2.09. The molecule has 0 spiro atoms. The van der Waals surface area contributed by atoms with Crippen molar-refractivity contribution in [2.24, 2.45) is 0 Å². The zero-order valence-electron chi connectivity index (χ0n) is 13.6. The number of pyridine rings is 1. The van der Waals surface area contributed by atoms with Gasteiger partial charge in [0.1, 0.15) is 5.75 Å². The van der Waals surface area contributed by atoms with Gasteiger partial charge in [-0.05, 0) is 81.4 Å². The van der Waals surface area contributed by atoms with Gasteiger partial charge in [-0.25, -0.2) is 0 Å². The number of hydrogen-bond donors (Lipinski definition) is 0. The molecule has 0 atom stereocenters. The number of aryl methyl sites for hydroxylation is 1. The largest absolute Gasteiger partial charge is 0.497 e. The number of nitrogens with zero attached hydrogens (tertiary/aromatic N) is 2. The third-order valence-corrected chi connectivity index (χ3v) is 4.64. The third kappa shape index (κ3) is 3.77. The van der Waals surface area contributed by atoms with Crippen molar-refractivity contribution < 1.29 is 4.74 Å². The summed E-state index contributed by atoms with van der Waals surface area (Å²) in [5, 5.41) is 2.49. The summed E-state index contributed by atoms with van der Waals surface area (Å²) in [5.41, 5.74) is 1.22. The van der Waals surface area contributed by atoms with Crippen LogP contribution in [0.4, 0.5) is 0 Å². The second-order valence-corrected chi connectivity index (χ2v) is 6.20. The summed E-state index contributed by atoms with van der Waals surface area (Å²) in [6, 6.07) is 8.33. The maximum atomic E-state index is 5.30. The third-order valence-electron chi connectivity index (χ3n) is 4.64. The van der Waals surface area contributed by atoms with Crippen LogP contribution in [0.2, 0.25) is 0 Å². The van der Waals surface area contributed by atoms with Gasteiger partial charge >= 0.3 is 0 Å². The van der Waals surface area contributed by atoms with Gasteiger partial charge in [0, 0.05) is 17.3 Å². The quantitative estimate of drug-likeness (QED) is 0.752. The van der Waals surface area contributed by atoms with Crippen molar-refractivity contribution in [3.8, 4) is 5.75 Å². The number of methoxy groups -OCH3 is 1. The number of ether oxygens (including phenoxy) is 1. The van der Waals surface area contributed by atoms with E-state index in [4.69, 9.17) is 4.74 Å². The fourth-order valence-electron chi connectivity index (χ4n) is 3.36. The minimum Gasteiger partial charge on any atom is -0.497 e. The molecule has 118 valence electrons. The highest BCUT2D eigenvalue weighted by Crippen LogP contribution is 2.23. The molecular weight excluding hydrogens is 272 g/mol. The molecule has 1 fully saturated rings. The topological polar surface area (TPSA) is 25.4 Å². The van der Waals surface area contributed by atoms with Gasteiger partial charge in [0.15, 0.2) is 0 Å². The van der Waals surface area contributed by atoms with Crippen LogP contribution < -0.4 is 4.74 Å². The van der Waals surface area contributed by atoms with Crippen LogP contribution in [0.25, 0.3) is 10.8 Å². The number of hydrogen-bond acceptors (Lipinski definition) is 3. The molecule has 3 rings (SSSR count). The smallest absolute Gasteiger partial charge is 0.119 e. The molecule has 2 aromatic rings. The first-order chi connectivity index (χ1) is 10.9. The lowest BCUT2D eigenvalue weighted by atomic mass is 10.0. The monoisotopic (exact) mass is 298 g/mol. The number of rotatable bonds is 6. The zero-order valence-corrected chi connectivity index (χ0v) is 13.6. The second-order valence-electron chi connectivity index (χ2n) is 6.20. The van der Waals surface area contributed by atoms with Crippen LogP contribution >= 0.6 is 0 Å². The van der Waals surface area contributed by atoms with E-state index in [1.807, 2.05) is 12.3 Å². The van der Waals surface area contributed by atoms with E-state index in [0.29, 0.717) is 0 Å². The lowest BCUT2D eigenvalue weighted by Crippen LogP contribution is -2.30. The molecule has 0 bridgehead atoms. The molecular formula is C19H26N2O. The van der Waals surface area contributed by atoms with E-state index in [1.54, 1.807) is 7.11 Å². The minimum absolute atomic E-state index is 0.912. The van der Waals surface area contributed by atoms with Gasteiger partial charge in [-0.3, -0.25) is 4.98 Å². The number of aromatic nitrogens is 1. The van der Waals surface area contributed by atoms with Crippen molar-refractivity contribution >= 4 is 10.8 Å². The van der Waals surface area contributed by atoms with Gasteiger partial charge < -0.3 is 9.64 Å². The molecule has 3 heteroatoms. The van der Waals surface area contributed by atoms with Crippen molar-refractivity contribution in [1.29, 1.82) is 0 Å². The average molecular weight is 298 g/mol. The molecule has 0 radical (unpaired) electrons. The zero-order chi connectivity index (χ0) is 15.2. The Balaban J connectivity index is 1.56. The molecule has 0 aliphatic carbocycles. The molecule has 1 saturated heterocycles. The van der Waals surface area contributed by atoms with Crippen LogP contribution in [0.15, 0.2) is 30.5 Å². The van der Waals surface area contributed by atoms with Crippen molar-refractivity contribution in [2.75, 3.05) is 26.7 Å². The Morgan fingerprint density at radius 2 is 1.95 bits per heavy atom. The lowest BCUT2D eigenvalue weighted by Gasteiger charge is -2.26. The van der Waals surface area contributed by atoms with E-state index in [2.05, 4.69) is 28.1 Å². The van der Waals surface area contributed by atoms with Crippen LogP contribution in [0, 0.1) is 0 Å². The van der Waals surface area contributed by atoms with E-state index < -0.39 is 0 Å². The predicted octanol–water partition coefficient (Wildman–Crippen LogP) is 4.05. The van der Waals surface area contributed by atoms with Gasteiger partial charge in [-0.2, -0.15) is 0 Å². The molecule has 1 aliphatic heterocycles. The molecule has 1 aliphatic rings. The van der Waals surface area contributed by atoms with Crippen LogP contribution in [0.1, 0.15) is 37.8 Å². The van der Waals surface area contributed by atoms with Gasteiger partial charge in [0.25, 0.3) is 0 Å². The average Bonchev–Trinajstić information content (AvgIpc) is 2.59. The number of unbranched alkanes of at least 4 members (excludes halogenated alkanes) is 1. The summed E-state index contributed by atoms with van der Waals surface area (Å²) >= 11 is 0. The summed E-state index contributed by atoms with van der Waals surface area (Å²) in [6.45, 7) is 3.84. The molecule has 3 nitrogen and oxygen atoms in total. The number of benzene rings is 1. The van der Waals surface area contributed by atoms with E-state index in [-0.39, 0.29) is 0 Å². The predicted molar refractivity (Wildman–Crippen MR) is 91.5 cm³/mol. The summed E-state index contributed by atoms with van der Waals surface area (Å²) in [5.74, 6) is 0.912. The Morgan fingerprint density at radius 3 is 2.77 bits per heavy atom. The summed E-state index contributed by atoms with van der Waals surface area (Å²) in [7, 11) is 1.71. The first-order valence-corrected chi connectivity index (χ1v) is 8.51. The Morgan fingerprint density at radius 1 is 1.09 bits per heavy atom. The van der Waals surface area contributed by atoms with Crippen LogP contribution in [-0.4, -0.2) is 36.6 Å². The van der Waals surface area contributed by atoms with Crippen molar-refractivity contribution in [2.45, 2.75) is 38.5 Å². The van der Waals surface area contributed by atoms with Crippen molar-refractivity contribution in [3.63, 3.8) is 0 Å². The molecule has 22 heavy (non-hydrogen) atoms. The molecule has 0 saturated carbocycles. The van der Waals surface area contributed by atoms with Gasteiger partial charge in [0.05, 0.1) is 7.11 Å². The van der Waals surface area contributed by atoms with Crippen molar-refractivity contribution in [1.82, 2.24) is 9.88 Å². The normalized spacial score (nSPS) is 16.0. The van der Waals surface area contributed by atoms with E-state index in [9.17, 15) is 0 Å². The number of piperidine rings is 1. The van der Waals surface area contributed by atoms with Gasteiger partial charge in [-0.1, -0.05) is 6.42 Å². The summed E-state index contributed by atoms with van der Waals surface area (Å²) in [4.78, 5) is 7.21. The molecule has 1 aromatic heterocycles. The van der Waals surface area contributed by atoms with E-state index >= 15 is 0 Å². The molecule has 0 unspecified atom stereocenters. The maximum absolute atomic E-state index is 5.30. The second kappa shape index (κ2) is 7.59. The SMILES string of the molecule is COc1ccc2c(CCCCN3CCCCC3)nccc2c1. The van der Waals surface area contributed by atoms with Gasteiger partial charge in [-0.15, -0.1) is 0 Å². The minimum atomic E-state index is 0.912. The standard InChI is InChI=1S/C19H26N2O/c1-22-17-8-9-18-16(15-17)10-11-20-19(18)7-3-6-14-21-12-4-2-5-13-21/h8-11,15H,2-7,12-14H2,1H3. The Bertz CT molecular complexity index is 605. The van der Waals surface area contributed by atoms with Crippen molar-refractivity contribution in [3.05, 3.63) is 36.2 Å². The number of fused-ring (bicyclic) bond motifs is 1. The molecule has 0 amide bonds. The fraction of sp³-hybridized carbons (Fsp3) is 0.526. The first-order valence-electron chi connectivity index (χ1n) is 8.51. The molecule has 0 N–H and O–H groups in total. The number of likely N-dealkylation sites (tertiary alicyclic amines) is 1. The Labute approximate surface area is 133 Å². The van der Waals surface area contributed by atoms with E-state index in [0.717, 1.165) is 12.2 Å². The Hall–Kier alpha value is -1.61. The highest BCUT2D eigenvalue weighted by atomic mass is 16.5. The summed E-state index contributed by atoms with van der Waals surface area (Å²) in [6.07, 6.45) is 9.65. The molecule has 2 heterocycles. The summed E-state index contributed by atoms with van der Waals surface area (Å²) < 4.78 is 5.30. The highest BCUT2D eigenvalue weighted by molar-refractivity contribution is 5.85. The van der Waals surface area contributed by atoms with E-state index in [1.165, 1.54) is 68.2 Å². The Kier molecular flexibility index (Phi) is 5.28. The van der Waals surface area contributed by atoms with Crippen LogP contribution in [-0.2, 0) is 6.42 Å². The van der Waals surface area contributed by atoms with Gasteiger partial charge in [0.2, 0.25) is 0 Å². The van der Waals surface area contributed by atoms with Crippen LogP contribution in [0.5, 0.6) is 5.75 Å². The maximum Gasteiger partial charge on any atom is 0.119 e. The fourth-order valence-corrected chi connectivity index (χ4v) is 3.36. The van der Waals surface area contributed by atoms with Crippen LogP contribution in [0.3, 0.4) is 0 Å². The lowest BCUT2D eigenvalue weighted by molar-refractivity contribution is 0.225. The first kappa shape index (κ1) is 15.3. The molecule has 1 aromatic carbocycles.